The highest BCUT2D eigenvalue weighted by atomic mass is 16.5. The molecule has 2 saturated heterocycles. The Morgan fingerprint density at radius 3 is 2.38 bits per heavy atom. The highest BCUT2D eigenvalue weighted by Gasteiger charge is 2.23. The van der Waals surface area contributed by atoms with Gasteiger partial charge in [0.05, 0.1) is 24.6 Å². The van der Waals surface area contributed by atoms with Crippen LogP contribution in [0.4, 0.5) is 11.4 Å². The van der Waals surface area contributed by atoms with E-state index in [2.05, 4.69) is 65.1 Å². The number of para-hydroxylation sites is 1. The van der Waals surface area contributed by atoms with Crippen molar-refractivity contribution in [2.24, 2.45) is 13.0 Å². The number of rotatable bonds is 10. The zero-order valence-electron chi connectivity index (χ0n) is 25.9. The fourth-order valence-corrected chi connectivity index (χ4v) is 5.93. The molecule has 0 unspecified atom stereocenters. The second-order valence-corrected chi connectivity index (χ2v) is 11.7. The maximum atomic E-state index is 12.3. The number of aryl methyl sites for hydroxylation is 2. The minimum atomic E-state index is 0.0476. The normalized spacial score (nSPS) is 16.2. The van der Waals surface area contributed by atoms with E-state index in [0.717, 1.165) is 94.0 Å². The first-order valence-corrected chi connectivity index (χ1v) is 15.2. The van der Waals surface area contributed by atoms with Gasteiger partial charge in [0.25, 0.3) is 0 Å². The van der Waals surface area contributed by atoms with Crippen molar-refractivity contribution in [2.45, 2.75) is 27.4 Å². The Balaban J connectivity index is 1.24. The molecule has 9 heteroatoms. The molecule has 3 heterocycles. The van der Waals surface area contributed by atoms with Gasteiger partial charge < -0.3 is 24.2 Å². The lowest BCUT2D eigenvalue weighted by Crippen LogP contribution is -2.49. The molecular weight excluding hydrogens is 528 g/mol. The van der Waals surface area contributed by atoms with Gasteiger partial charge in [-0.3, -0.25) is 14.4 Å². The predicted octanol–water partition coefficient (Wildman–Crippen LogP) is 4.05. The molecule has 1 aromatic heterocycles. The SMILES string of the molecule is Cc1nn(C)c(COc2ccc(N3CCN(C(=O)C(C)C)CC3)cc2)c1-c1ccccc1N(C)CCN1CCOCC1. The summed E-state index contributed by atoms with van der Waals surface area (Å²) in [5.74, 6) is 1.12. The second-order valence-electron chi connectivity index (χ2n) is 11.7. The number of aromatic nitrogens is 2. The van der Waals surface area contributed by atoms with E-state index in [4.69, 9.17) is 14.6 Å². The Labute approximate surface area is 250 Å². The number of hydrogen-bond donors (Lipinski definition) is 0. The molecule has 1 amide bonds. The first-order chi connectivity index (χ1) is 20.3. The van der Waals surface area contributed by atoms with Gasteiger partial charge in [0, 0.05) is 94.9 Å². The van der Waals surface area contributed by atoms with Crippen LogP contribution in [-0.2, 0) is 23.2 Å². The van der Waals surface area contributed by atoms with E-state index >= 15 is 0 Å². The molecule has 2 fully saturated rings. The molecule has 226 valence electrons. The summed E-state index contributed by atoms with van der Waals surface area (Å²) in [5, 5.41) is 4.79. The van der Waals surface area contributed by atoms with E-state index in [-0.39, 0.29) is 11.8 Å². The van der Waals surface area contributed by atoms with E-state index in [1.807, 2.05) is 42.6 Å². The Morgan fingerprint density at radius 2 is 1.69 bits per heavy atom. The van der Waals surface area contributed by atoms with Crippen LogP contribution in [0, 0.1) is 12.8 Å². The summed E-state index contributed by atoms with van der Waals surface area (Å²) in [5.41, 5.74) is 6.72. The van der Waals surface area contributed by atoms with Crippen LogP contribution in [0.3, 0.4) is 0 Å². The zero-order chi connectivity index (χ0) is 29.6. The molecule has 0 N–H and O–H groups in total. The summed E-state index contributed by atoms with van der Waals surface area (Å²) < 4.78 is 13.8. The smallest absolute Gasteiger partial charge is 0.225 e. The first kappa shape index (κ1) is 29.9. The van der Waals surface area contributed by atoms with Crippen molar-refractivity contribution in [3.63, 3.8) is 0 Å². The standard InChI is InChI=1S/C33H46N6O3/c1-25(2)33(40)39-18-16-38(17-19-39)27-10-12-28(13-11-27)42-24-31-32(26(3)34-36(31)5)29-8-6-7-9-30(29)35(4)14-15-37-20-22-41-23-21-37/h6-13,25H,14-24H2,1-5H3. The summed E-state index contributed by atoms with van der Waals surface area (Å²) in [6, 6.07) is 16.9. The molecule has 5 rings (SSSR count). The number of hydrogen-bond acceptors (Lipinski definition) is 7. The van der Waals surface area contributed by atoms with Gasteiger partial charge in [0.2, 0.25) is 5.91 Å². The fraction of sp³-hybridized carbons (Fsp3) is 0.515. The van der Waals surface area contributed by atoms with Crippen molar-refractivity contribution in [1.82, 2.24) is 19.6 Å². The summed E-state index contributed by atoms with van der Waals surface area (Å²) in [7, 11) is 4.16. The molecule has 42 heavy (non-hydrogen) atoms. The van der Waals surface area contributed by atoms with E-state index in [1.54, 1.807) is 0 Å². The third-order valence-electron chi connectivity index (χ3n) is 8.44. The molecule has 9 nitrogen and oxygen atoms in total. The quantitative estimate of drug-likeness (QED) is 0.362. The van der Waals surface area contributed by atoms with E-state index < -0.39 is 0 Å². The number of carbonyl (C=O) groups excluding carboxylic acids is 1. The van der Waals surface area contributed by atoms with Gasteiger partial charge >= 0.3 is 0 Å². The third kappa shape index (κ3) is 6.90. The summed E-state index contributed by atoms with van der Waals surface area (Å²) in [6.07, 6.45) is 0. The van der Waals surface area contributed by atoms with Crippen LogP contribution in [0.1, 0.15) is 25.2 Å². The molecule has 2 aliphatic rings. The molecule has 0 saturated carbocycles. The average Bonchev–Trinajstić information content (AvgIpc) is 3.31. The molecule has 0 radical (unpaired) electrons. The van der Waals surface area contributed by atoms with Crippen molar-refractivity contribution in [2.75, 3.05) is 82.4 Å². The van der Waals surface area contributed by atoms with Crippen LogP contribution >= 0.6 is 0 Å². The Bertz CT molecular complexity index is 1320. The molecule has 2 aliphatic heterocycles. The summed E-state index contributed by atoms with van der Waals surface area (Å²) >= 11 is 0. The summed E-state index contributed by atoms with van der Waals surface area (Å²) in [4.78, 5) is 21.5. The number of amides is 1. The van der Waals surface area contributed by atoms with Crippen LogP contribution in [0.2, 0.25) is 0 Å². The number of anilines is 2. The Morgan fingerprint density at radius 1 is 1.00 bits per heavy atom. The van der Waals surface area contributed by atoms with Crippen molar-refractivity contribution >= 4 is 17.3 Å². The third-order valence-corrected chi connectivity index (χ3v) is 8.44. The van der Waals surface area contributed by atoms with Gasteiger partial charge in [-0.2, -0.15) is 5.10 Å². The summed E-state index contributed by atoms with van der Waals surface area (Å²) in [6.45, 7) is 15.2. The minimum absolute atomic E-state index is 0.0476. The number of benzene rings is 2. The van der Waals surface area contributed by atoms with Crippen LogP contribution < -0.4 is 14.5 Å². The largest absolute Gasteiger partial charge is 0.487 e. The van der Waals surface area contributed by atoms with E-state index in [1.165, 1.54) is 11.3 Å². The number of likely N-dealkylation sites (N-methyl/N-ethyl adjacent to an activating group) is 1. The van der Waals surface area contributed by atoms with Gasteiger partial charge in [-0.05, 0) is 37.3 Å². The van der Waals surface area contributed by atoms with Crippen molar-refractivity contribution in [3.8, 4) is 16.9 Å². The average molecular weight is 575 g/mol. The lowest BCUT2D eigenvalue weighted by molar-refractivity contribution is -0.134. The molecule has 0 bridgehead atoms. The highest BCUT2D eigenvalue weighted by molar-refractivity contribution is 5.81. The Kier molecular flexibility index (Phi) is 9.69. The van der Waals surface area contributed by atoms with Gasteiger partial charge in [-0.25, -0.2) is 0 Å². The number of ether oxygens (including phenoxy) is 2. The van der Waals surface area contributed by atoms with E-state index in [9.17, 15) is 4.79 Å². The molecule has 3 aromatic rings. The van der Waals surface area contributed by atoms with Crippen LogP contribution in [0.25, 0.3) is 11.1 Å². The van der Waals surface area contributed by atoms with Gasteiger partial charge in [0.15, 0.2) is 0 Å². The number of piperazine rings is 1. The maximum Gasteiger partial charge on any atom is 0.225 e. The topological polar surface area (TPSA) is 66.3 Å². The molecule has 0 atom stereocenters. The number of morpholine rings is 1. The minimum Gasteiger partial charge on any atom is -0.487 e. The van der Waals surface area contributed by atoms with Gasteiger partial charge in [-0.1, -0.05) is 32.0 Å². The van der Waals surface area contributed by atoms with Crippen LogP contribution in [0.5, 0.6) is 5.75 Å². The number of carbonyl (C=O) groups is 1. The predicted molar refractivity (Wildman–Crippen MR) is 168 cm³/mol. The molecular formula is C33H46N6O3. The van der Waals surface area contributed by atoms with Crippen LogP contribution in [0.15, 0.2) is 48.5 Å². The van der Waals surface area contributed by atoms with E-state index in [0.29, 0.717) is 6.61 Å². The maximum absolute atomic E-state index is 12.3. The first-order valence-electron chi connectivity index (χ1n) is 15.2. The van der Waals surface area contributed by atoms with Crippen molar-refractivity contribution < 1.29 is 14.3 Å². The van der Waals surface area contributed by atoms with Gasteiger partial charge in [-0.15, -0.1) is 0 Å². The number of nitrogens with zero attached hydrogens (tertiary/aromatic N) is 6. The monoisotopic (exact) mass is 574 g/mol. The lowest BCUT2D eigenvalue weighted by atomic mass is 10.0. The molecule has 0 aliphatic carbocycles. The Hall–Kier alpha value is -3.56. The zero-order valence-corrected chi connectivity index (χ0v) is 25.9. The second kappa shape index (κ2) is 13.6. The lowest BCUT2D eigenvalue weighted by Gasteiger charge is -2.37. The van der Waals surface area contributed by atoms with Crippen molar-refractivity contribution in [1.29, 1.82) is 0 Å². The molecule has 2 aromatic carbocycles. The fourth-order valence-electron chi connectivity index (χ4n) is 5.93. The molecule has 0 spiro atoms. The highest BCUT2D eigenvalue weighted by Crippen LogP contribution is 2.35. The van der Waals surface area contributed by atoms with Gasteiger partial charge in [0.1, 0.15) is 12.4 Å². The van der Waals surface area contributed by atoms with Crippen LogP contribution in [-0.4, -0.2) is 98.1 Å². The van der Waals surface area contributed by atoms with Crippen molar-refractivity contribution in [3.05, 3.63) is 59.9 Å².